The third-order valence-electron chi connectivity index (χ3n) is 4.21. The number of para-hydroxylation sites is 1. The summed E-state index contributed by atoms with van der Waals surface area (Å²) >= 11 is 0. The predicted octanol–water partition coefficient (Wildman–Crippen LogP) is 3.65. The molecular formula is C19H22N2O. The molecule has 1 saturated heterocycles. The molecule has 0 unspecified atom stereocenters. The molecule has 1 atom stereocenters. The van der Waals surface area contributed by atoms with E-state index in [4.69, 9.17) is 0 Å². The Bertz CT molecular complexity index is 618. The van der Waals surface area contributed by atoms with E-state index in [0.29, 0.717) is 6.04 Å². The molecule has 22 heavy (non-hydrogen) atoms. The van der Waals surface area contributed by atoms with Crippen LogP contribution >= 0.6 is 0 Å². The number of phenolic OH excluding ortho intramolecular Hbond substituents is 1. The lowest BCUT2D eigenvalue weighted by molar-refractivity contribution is 0.252. The van der Waals surface area contributed by atoms with Crippen molar-refractivity contribution in [2.24, 2.45) is 4.99 Å². The van der Waals surface area contributed by atoms with Gasteiger partial charge in [-0.25, -0.2) is 0 Å². The molecule has 1 N–H and O–H groups in total. The molecule has 0 spiro atoms. The summed E-state index contributed by atoms with van der Waals surface area (Å²) < 4.78 is 0. The van der Waals surface area contributed by atoms with Gasteiger partial charge in [0, 0.05) is 11.8 Å². The van der Waals surface area contributed by atoms with Crippen LogP contribution in [0.15, 0.2) is 59.6 Å². The first-order valence-electron chi connectivity index (χ1n) is 7.91. The number of aliphatic imine (C=N–C) groups is 1. The monoisotopic (exact) mass is 294 g/mol. The highest BCUT2D eigenvalue weighted by molar-refractivity contribution is 5.83. The third kappa shape index (κ3) is 3.55. The molecular weight excluding hydrogens is 272 g/mol. The summed E-state index contributed by atoms with van der Waals surface area (Å²) in [6, 6.07) is 18.2. The number of benzene rings is 2. The Hall–Kier alpha value is -2.13. The van der Waals surface area contributed by atoms with Crippen molar-refractivity contribution in [3.63, 3.8) is 0 Å². The van der Waals surface area contributed by atoms with Crippen LogP contribution in [-0.2, 0) is 0 Å². The fourth-order valence-electron chi connectivity index (χ4n) is 3.01. The zero-order chi connectivity index (χ0) is 15.2. The van der Waals surface area contributed by atoms with E-state index in [-0.39, 0.29) is 5.75 Å². The first kappa shape index (κ1) is 14.8. The van der Waals surface area contributed by atoms with Gasteiger partial charge >= 0.3 is 0 Å². The van der Waals surface area contributed by atoms with E-state index in [0.717, 1.165) is 25.2 Å². The van der Waals surface area contributed by atoms with E-state index in [9.17, 15) is 5.11 Å². The van der Waals surface area contributed by atoms with Gasteiger partial charge in [-0.15, -0.1) is 0 Å². The minimum Gasteiger partial charge on any atom is -0.507 e. The van der Waals surface area contributed by atoms with E-state index in [2.05, 4.69) is 40.2 Å². The molecule has 3 rings (SSSR count). The lowest BCUT2D eigenvalue weighted by Gasteiger charge is -2.26. The molecule has 3 heteroatoms. The maximum Gasteiger partial charge on any atom is 0.124 e. The van der Waals surface area contributed by atoms with Crippen LogP contribution in [0, 0.1) is 0 Å². The summed E-state index contributed by atoms with van der Waals surface area (Å²) in [5, 5.41) is 9.80. The molecule has 1 fully saturated rings. The number of aromatic hydroxyl groups is 1. The van der Waals surface area contributed by atoms with Gasteiger partial charge in [-0.1, -0.05) is 42.5 Å². The average molecular weight is 294 g/mol. The van der Waals surface area contributed by atoms with Crippen LogP contribution in [0.1, 0.15) is 30.0 Å². The highest BCUT2D eigenvalue weighted by atomic mass is 16.3. The smallest absolute Gasteiger partial charge is 0.124 e. The standard InChI is InChI=1S/C19H22N2O/c22-19-11-5-4-10-17(19)14-20-15-18(21-12-6-7-13-21)16-8-2-1-3-9-16/h1-5,8-11,14,18,22H,6-7,12-13,15H2/t18-/m0/s1. The first-order chi connectivity index (χ1) is 10.8. The molecule has 0 amide bonds. The van der Waals surface area contributed by atoms with Gasteiger partial charge in [0.05, 0.1) is 12.6 Å². The zero-order valence-electron chi connectivity index (χ0n) is 12.7. The van der Waals surface area contributed by atoms with Crippen LogP contribution in [0.3, 0.4) is 0 Å². The van der Waals surface area contributed by atoms with Gasteiger partial charge in [0.1, 0.15) is 5.75 Å². The summed E-state index contributed by atoms with van der Waals surface area (Å²) in [6.07, 6.45) is 4.32. The number of likely N-dealkylation sites (tertiary alicyclic amines) is 1. The normalized spacial score (nSPS) is 17.1. The molecule has 0 radical (unpaired) electrons. The molecule has 0 aromatic heterocycles. The number of hydrogen-bond acceptors (Lipinski definition) is 3. The highest BCUT2D eigenvalue weighted by Gasteiger charge is 2.22. The number of rotatable bonds is 5. The van der Waals surface area contributed by atoms with Gasteiger partial charge in [-0.2, -0.15) is 0 Å². The second kappa shape index (κ2) is 7.23. The fraction of sp³-hybridized carbons (Fsp3) is 0.316. The van der Waals surface area contributed by atoms with Gasteiger partial charge in [0.25, 0.3) is 0 Å². The lowest BCUT2D eigenvalue weighted by atomic mass is 10.1. The van der Waals surface area contributed by atoms with Crippen molar-refractivity contribution in [3.05, 3.63) is 65.7 Å². The van der Waals surface area contributed by atoms with Crippen LogP contribution in [0.2, 0.25) is 0 Å². The molecule has 1 aliphatic heterocycles. The Morgan fingerprint density at radius 3 is 2.41 bits per heavy atom. The Labute approximate surface area is 131 Å². The minimum absolute atomic E-state index is 0.281. The van der Waals surface area contributed by atoms with E-state index in [1.54, 1.807) is 12.3 Å². The molecule has 114 valence electrons. The zero-order valence-corrected chi connectivity index (χ0v) is 12.7. The third-order valence-corrected chi connectivity index (χ3v) is 4.21. The molecule has 1 heterocycles. The van der Waals surface area contributed by atoms with Crippen molar-refractivity contribution in [2.75, 3.05) is 19.6 Å². The SMILES string of the molecule is Oc1ccccc1C=NC[C@@H](c1ccccc1)N1CCCC1. The van der Waals surface area contributed by atoms with Gasteiger partial charge in [0.2, 0.25) is 0 Å². The fourth-order valence-corrected chi connectivity index (χ4v) is 3.01. The molecule has 2 aromatic rings. The molecule has 0 bridgehead atoms. The largest absolute Gasteiger partial charge is 0.507 e. The lowest BCUT2D eigenvalue weighted by Crippen LogP contribution is -2.27. The molecule has 0 saturated carbocycles. The van der Waals surface area contributed by atoms with Crippen LogP contribution in [0.4, 0.5) is 0 Å². The van der Waals surface area contributed by atoms with Crippen molar-refractivity contribution >= 4 is 6.21 Å². The van der Waals surface area contributed by atoms with Crippen molar-refractivity contribution < 1.29 is 5.11 Å². The van der Waals surface area contributed by atoms with Crippen LogP contribution in [-0.4, -0.2) is 35.9 Å². The van der Waals surface area contributed by atoms with E-state index in [1.165, 1.54) is 18.4 Å². The highest BCUT2D eigenvalue weighted by Crippen LogP contribution is 2.25. The van der Waals surface area contributed by atoms with Crippen molar-refractivity contribution in [2.45, 2.75) is 18.9 Å². The topological polar surface area (TPSA) is 35.8 Å². The van der Waals surface area contributed by atoms with Gasteiger partial charge in [-0.3, -0.25) is 9.89 Å². The molecule has 1 aliphatic rings. The van der Waals surface area contributed by atoms with Gasteiger partial charge in [0.15, 0.2) is 0 Å². The quantitative estimate of drug-likeness (QED) is 0.854. The Kier molecular flexibility index (Phi) is 4.86. The second-order valence-electron chi connectivity index (χ2n) is 5.72. The van der Waals surface area contributed by atoms with Crippen molar-refractivity contribution in [1.29, 1.82) is 0 Å². The maximum atomic E-state index is 9.80. The van der Waals surface area contributed by atoms with Crippen LogP contribution < -0.4 is 0 Å². The Morgan fingerprint density at radius 1 is 1.00 bits per heavy atom. The van der Waals surface area contributed by atoms with Gasteiger partial charge in [-0.05, 0) is 43.6 Å². The minimum atomic E-state index is 0.281. The summed E-state index contributed by atoms with van der Waals surface area (Å²) in [5.41, 5.74) is 2.09. The Balaban J connectivity index is 1.74. The van der Waals surface area contributed by atoms with Crippen molar-refractivity contribution in [1.82, 2.24) is 4.90 Å². The van der Waals surface area contributed by atoms with Crippen LogP contribution in [0.5, 0.6) is 5.75 Å². The maximum absolute atomic E-state index is 9.80. The first-order valence-corrected chi connectivity index (χ1v) is 7.91. The van der Waals surface area contributed by atoms with E-state index in [1.807, 2.05) is 18.2 Å². The Morgan fingerprint density at radius 2 is 1.68 bits per heavy atom. The summed E-state index contributed by atoms with van der Waals surface area (Å²) in [4.78, 5) is 7.11. The van der Waals surface area contributed by atoms with Crippen LogP contribution in [0.25, 0.3) is 0 Å². The van der Waals surface area contributed by atoms with Crippen molar-refractivity contribution in [3.8, 4) is 5.75 Å². The van der Waals surface area contributed by atoms with Gasteiger partial charge < -0.3 is 5.11 Å². The summed E-state index contributed by atoms with van der Waals surface area (Å²) in [6.45, 7) is 3.01. The molecule has 3 nitrogen and oxygen atoms in total. The summed E-state index contributed by atoms with van der Waals surface area (Å²) in [7, 11) is 0. The summed E-state index contributed by atoms with van der Waals surface area (Å²) in [5.74, 6) is 0.281. The number of nitrogens with zero attached hydrogens (tertiary/aromatic N) is 2. The molecule has 2 aromatic carbocycles. The second-order valence-corrected chi connectivity index (χ2v) is 5.72. The molecule has 0 aliphatic carbocycles. The van der Waals surface area contributed by atoms with E-state index >= 15 is 0 Å². The number of phenols is 1. The predicted molar refractivity (Wildman–Crippen MR) is 90.6 cm³/mol. The average Bonchev–Trinajstić information content (AvgIpc) is 3.08. The number of hydrogen-bond donors (Lipinski definition) is 1. The van der Waals surface area contributed by atoms with E-state index < -0.39 is 0 Å².